The lowest BCUT2D eigenvalue weighted by molar-refractivity contribution is -0.121. The van der Waals surface area contributed by atoms with Gasteiger partial charge in [-0.05, 0) is 76.0 Å². The van der Waals surface area contributed by atoms with E-state index in [1.165, 1.54) is 24.0 Å². The smallest absolute Gasteiger partial charge is 0.225 e. The largest absolute Gasteiger partial charge is 0.332 e. The van der Waals surface area contributed by atoms with Crippen LogP contribution in [0.2, 0.25) is 0 Å². The molecule has 1 aromatic heterocycles. The van der Waals surface area contributed by atoms with Crippen LogP contribution in [-0.2, 0) is 11.2 Å². The Labute approximate surface area is 199 Å². The van der Waals surface area contributed by atoms with Crippen molar-refractivity contribution >= 4 is 11.7 Å². The number of anilines is 1. The SMILES string of the molecule is CCC1CN(C)CC(CC)N1c1ncc(-c2ccc(C[C@H]3CC[C@H](C(C)=O)CC3)cc2)cn1. The first-order valence-electron chi connectivity index (χ1n) is 12.9. The van der Waals surface area contributed by atoms with Gasteiger partial charge in [0.05, 0.1) is 0 Å². The molecule has 2 aliphatic rings. The molecule has 4 rings (SSSR count). The zero-order valence-corrected chi connectivity index (χ0v) is 20.8. The Morgan fingerprint density at radius 3 is 2.00 bits per heavy atom. The Morgan fingerprint density at radius 2 is 1.48 bits per heavy atom. The van der Waals surface area contributed by atoms with E-state index in [0.717, 1.165) is 56.7 Å². The molecule has 33 heavy (non-hydrogen) atoms. The molecule has 2 atom stereocenters. The first-order valence-corrected chi connectivity index (χ1v) is 12.9. The number of Topliss-reactive ketones (excluding diaryl/α,β-unsaturated/α-hetero) is 1. The van der Waals surface area contributed by atoms with Gasteiger partial charge in [0.1, 0.15) is 5.78 Å². The molecule has 5 nitrogen and oxygen atoms in total. The fraction of sp³-hybridized carbons (Fsp3) is 0.607. The minimum Gasteiger partial charge on any atom is -0.332 e. The first kappa shape index (κ1) is 23.9. The Kier molecular flexibility index (Phi) is 7.79. The van der Waals surface area contributed by atoms with Crippen molar-refractivity contribution in [1.29, 1.82) is 0 Å². The maximum Gasteiger partial charge on any atom is 0.225 e. The standard InChI is InChI=1S/C28H40N4O/c1-5-26-18-31(4)19-27(6-2)32(26)28-29-16-25(17-30-28)24-13-9-22(10-14-24)15-21-7-11-23(12-8-21)20(3)33/h9-10,13-14,16-17,21,23,26-27H,5-8,11-12,15,18-19H2,1-4H3/t21-,23-,26?,27?. The number of hydrogen-bond donors (Lipinski definition) is 0. The zero-order valence-electron chi connectivity index (χ0n) is 20.8. The number of carbonyl (C=O) groups is 1. The summed E-state index contributed by atoms with van der Waals surface area (Å²) in [5, 5.41) is 0. The van der Waals surface area contributed by atoms with Crippen LogP contribution in [-0.4, -0.2) is 52.9 Å². The highest BCUT2D eigenvalue weighted by atomic mass is 16.1. The summed E-state index contributed by atoms with van der Waals surface area (Å²) < 4.78 is 0. The highest BCUT2D eigenvalue weighted by Crippen LogP contribution is 2.32. The number of nitrogens with zero attached hydrogens (tertiary/aromatic N) is 4. The van der Waals surface area contributed by atoms with Crippen molar-refractivity contribution in [3.8, 4) is 11.1 Å². The zero-order chi connectivity index (χ0) is 23.4. The maximum absolute atomic E-state index is 11.6. The second kappa shape index (κ2) is 10.8. The quantitative estimate of drug-likeness (QED) is 0.568. The van der Waals surface area contributed by atoms with Crippen molar-refractivity contribution in [2.24, 2.45) is 11.8 Å². The monoisotopic (exact) mass is 448 g/mol. The van der Waals surface area contributed by atoms with Crippen LogP contribution in [0.15, 0.2) is 36.7 Å². The second-order valence-electron chi connectivity index (χ2n) is 10.3. The minimum absolute atomic E-state index is 0.303. The summed E-state index contributed by atoms with van der Waals surface area (Å²) in [7, 11) is 2.22. The molecule has 1 aromatic carbocycles. The van der Waals surface area contributed by atoms with Crippen molar-refractivity contribution in [3.05, 3.63) is 42.2 Å². The van der Waals surface area contributed by atoms with Crippen LogP contribution in [0.25, 0.3) is 11.1 Å². The number of ketones is 1. The molecule has 5 heteroatoms. The van der Waals surface area contributed by atoms with Gasteiger partial charge in [-0.15, -0.1) is 0 Å². The molecular weight excluding hydrogens is 408 g/mol. The summed E-state index contributed by atoms with van der Waals surface area (Å²) in [5.74, 6) is 2.24. The van der Waals surface area contributed by atoms with Gasteiger partial charge in [-0.3, -0.25) is 4.79 Å². The van der Waals surface area contributed by atoms with Crippen LogP contribution in [0.3, 0.4) is 0 Å². The van der Waals surface area contributed by atoms with E-state index in [0.29, 0.717) is 29.7 Å². The Bertz CT molecular complexity index is 888. The molecule has 1 saturated carbocycles. The molecule has 178 valence electrons. The van der Waals surface area contributed by atoms with Crippen LogP contribution in [0.4, 0.5) is 5.95 Å². The molecular formula is C28H40N4O. The summed E-state index contributed by atoms with van der Waals surface area (Å²) in [4.78, 5) is 26.1. The third-order valence-corrected chi connectivity index (χ3v) is 7.88. The van der Waals surface area contributed by atoms with Gasteiger partial charge in [0.15, 0.2) is 0 Å². The van der Waals surface area contributed by atoms with Crippen molar-refractivity contribution < 1.29 is 4.79 Å². The van der Waals surface area contributed by atoms with Crippen LogP contribution in [0, 0.1) is 11.8 Å². The van der Waals surface area contributed by atoms with Gasteiger partial charge in [0.25, 0.3) is 0 Å². The lowest BCUT2D eigenvalue weighted by Crippen LogP contribution is -2.58. The predicted molar refractivity (Wildman–Crippen MR) is 135 cm³/mol. The molecule has 2 fully saturated rings. The topological polar surface area (TPSA) is 49.3 Å². The van der Waals surface area contributed by atoms with E-state index in [9.17, 15) is 4.79 Å². The van der Waals surface area contributed by atoms with Crippen molar-refractivity contribution in [2.45, 2.75) is 77.8 Å². The summed E-state index contributed by atoms with van der Waals surface area (Å²) >= 11 is 0. The van der Waals surface area contributed by atoms with E-state index >= 15 is 0 Å². The molecule has 2 heterocycles. The fourth-order valence-electron chi connectivity index (χ4n) is 5.79. The van der Waals surface area contributed by atoms with Gasteiger partial charge in [0, 0.05) is 49.0 Å². The summed E-state index contributed by atoms with van der Waals surface area (Å²) in [6, 6.07) is 9.83. The molecule has 2 aromatic rings. The number of rotatable bonds is 7. The van der Waals surface area contributed by atoms with E-state index < -0.39 is 0 Å². The lowest BCUT2D eigenvalue weighted by Gasteiger charge is -2.45. The third-order valence-electron chi connectivity index (χ3n) is 7.88. The molecule has 0 radical (unpaired) electrons. The molecule has 1 saturated heterocycles. The van der Waals surface area contributed by atoms with Crippen molar-refractivity contribution in [3.63, 3.8) is 0 Å². The van der Waals surface area contributed by atoms with Crippen LogP contribution < -0.4 is 4.90 Å². The maximum atomic E-state index is 11.6. The van der Waals surface area contributed by atoms with Crippen molar-refractivity contribution in [1.82, 2.24) is 14.9 Å². The number of benzene rings is 1. The highest BCUT2D eigenvalue weighted by molar-refractivity contribution is 5.78. The van der Waals surface area contributed by atoms with Crippen molar-refractivity contribution in [2.75, 3.05) is 25.0 Å². The molecule has 0 bridgehead atoms. The average molecular weight is 449 g/mol. The fourth-order valence-corrected chi connectivity index (χ4v) is 5.79. The Morgan fingerprint density at radius 1 is 0.909 bits per heavy atom. The summed E-state index contributed by atoms with van der Waals surface area (Å²) in [5.41, 5.74) is 3.63. The van der Waals surface area contributed by atoms with Crippen LogP contribution in [0.5, 0.6) is 0 Å². The van der Waals surface area contributed by atoms with Crippen LogP contribution >= 0.6 is 0 Å². The molecule has 2 unspecified atom stereocenters. The van der Waals surface area contributed by atoms with Gasteiger partial charge >= 0.3 is 0 Å². The van der Waals surface area contributed by atoms with E-state index in [1.807, 2.05) is 12.4 Å². The molecule has 0 N–H and O–H groups in total. The Hall–Kier alpha value is -2.27. The van der Waals surface area contributed by atoms with E-state index in [-0.39, 0.29) is 0 Å². The number of piperazine rings is 1. The van der Waals surface area contributed by atoms with Gasteiger partial charge in [0.2, 0.25) is 5.95 Å². The van der Waals surface area contributed by atoms with E-state index in [2.05, 4.69) is 55.0 Å². The lowest BCUT2D eigenvalue weighted by atomic mass is 9.78. The minimum atomic E-state index is 0.303. The van der Waals surface area contributed by atoms with E-state index in [4.69, 9.17) is 9.97 Å². The Balaban J connectivity index is 1.40. The number of carbonyl (C=O) groups excluding carboxylic acids is 1. The molecule has 0 amide bonds. The van der Waals surface area contributed by atoms with Gasteiger partial charge in [-0.1, -0.05) is 38.1 Å². The predicted octanol–water partition coefficient (Wildman–Crippen LogP) is 5.39. The van der Waals surface area contributed by atoms with E-state index in [1.54, 1.807) is 6.92 Å². The normalized spacial score (nSPS) is 26.4. The van der Waals surface area contributed by atoms with Gasteiger partial charge in [-0.25, -0.2) is 9.97 Å². The first-order chi connectivity index (χ1) is 16.0. The summed E-state index contributed by atoms with van der Waals surface area (Å²) in [6.07, 6.45) is 11.8. The average Bonchev–Trinajstić information content (AvgIpc) is 2.84. The number of aromatic nitrogens is 2. The molecule has 1 aliphatic carbocycles. The summed E-state index contributed by atoms with van der Waals surface area (Å²) in [6.45, 7) is 8.39. The highest BCUT2D eigenvalue weighted by Gasteiger charge is 2.32. The van der Waals surface area contributed by atoms with Gasteiger partial charge in [-0.2, -0.15) is 0 Å². The second-order valence-corrected chi connectivity index (χ2v) is 10.3. The molecule has 0 spiro atoms. The van der Waals surface area contributed by atoms with Gasteiger partial charge < -0.3 is 9.80 Å². The number of likely N-dealkylation sites (N-methyl/N-ethyl adjacent to an activating group) is 1. The molecule has 1 aliphatic heterocycles. The number of hydrogen-bond acceptors (Lipinski definition) is 5. The van der Waals surface area contributed by atoms with Crippen LogP contribution in [0.1, 0.15) is 64.9 Å². The third kappa shape index (κ3) is 5.63.